The Hall–Kier alpha value is -3.10. The van der Waals surface area contributed by atoms with Crippen LogP contribution in [0.25, 0.3) is 5.69 Å². The molecule has 0 aliphatic rings. The molecule has 0 spiro atoms. The molecule has 0 saturated heterocycles. The highest BCUT2D eigenvalue weighted by molar-refractivity contribution is 5.38. The van der Waals surface area contributed by atoms with Gasteiger partial charge in [0.05, 0.1) is 19.8 Å². The molecule has 0 saturated carbocycles. The number of tetrazole rings is 1. The minimum Gasteiger partial charge on any atom is -0.493 e. The minimum absolute atomic E-state index is 0.0710. The van der Waals surface area contributed by atoms with Gasteiger partial charge in [-0.05, 0) is 46.7 Å². The van der Waals surface area contributed by atoms with Crippen molar-refractivity contribution in [1.82, 2.24) is 19.8 Å². The minimum atomic E-state index is -0.700. The van der Waals surface area contributed by atoms with Crippen LogP contribution in [-0.4, -0.2) is 33.1 Å². The molecular weight excluding hydrogens is 361 g/mol. The average molecular weight is 378 g/mol. The van der Waals surface area contributed by atoms with Gasteiger partial charge >= 0.3 is 5.69 Å². The van der Waals surface area contributed by atoms with Crippen molar-refractivity contribution in [2.24, 2.45) is 0 Å². The van der Waals surface area contributed by atoms with Gasteiger partial charge in [0.25, 0.3) is 0 Å². The van der Waals surface area contributed by atoms with E-state index >= 15 is 0 Å². The van der Waals surface area contributed by atoms with Crippen LogP contribution in [0.1, 0.15) is 12.0 Å². The van der Waals surface area contributed by atoms with Crippen LogP contribution in [0.2, 0.25) is 0 Å². The number of aromatic nitrogens is 4. The first-order valence-electron chi connectivity index (χ1n) is 8.34. The monoisotopic (exact) mass is 378 g/mol. The predicted octanol–water partition coefficient (Wildman–Crippen LogP) is 2.69. The zero-order chi connectivity index (χ0) is 19.2. The Bertz CT molecular complexity index is 954. The fraction of sp³-hybridized carbons (Fsp3) is 0.278. The van der Waals surface area contributed by atoms with E-state index in [4.69, 9.17) is 4.74 Å². The summed E-state index contributed by atoms with van der Waals surface area (Å²) in [5.74, 6) is -0.723. The van der Waals surface area contributed by atoms with E-state index in [1.54, 1.807) is 12.1 Å². The molecule has 0 bridgehead atoms. The first-order chi connectivity index (χ1) is 13.1. The molecule has 3 rings (SSSR count). The van der Waals surface area contributed by atoms with Crippen LogP contribution in [0.5, 0.6) is 5.75 Å². The van der Waals surface area contributed by atoms with E-state index in [-0.39, 0.29) is 36.8 Å². The molecule has 6 nitrogen and oxygen atoms in total. The fourth-order valence-corrected chi connectivity index (χ4v) is 2.46. The number of ether oxygens (including phenoxy) is 1. The molecule has 0 amide bonds. The maximum absolute atomic E-state index is 14.4. The highest BCUT2D eigenvalue weighted by Gasteiger charge is 2.13. The van der Waals surface area contributed by atoms with E-state index in [2.05, 4.69) is 10.4 Å². The zero-order valence-corrected chi connectivity index (χ0v) is 14.3. The SMILES string of the molecule is O=c1n(CCCF)nnn1-c1ccc(OCCc2ccc(F)cc2)cc1F. The number of benzene rings is 2. The van der Waals surface area contributed by atoms with E-state index < -0.39 is 18.2 Å². The largest absolute Gasteiger partial charge is 0.493 e. The number of aryl methyl sites for hydroxylation is 1. The quantitative estimate of drug-likeness (QED) is 0.605. The Kier molecular flexibility index (Phi) is 5.90. The summed E-state index contributed by atoms with van der Waals surface area (Å²) < 4.78 is 46.7. The third kappa shape index (κ3) is 4.55. The lowest BCUT2D eigenvalue weighted by atomic mass is 10.2. The Morgan fingerprint density at radius 1 is 1.04 bits per heavy atom. The van der Waals surface area contributed by atoms with Crippen molar-refractivity contribution in [2.45, 2.75) is 19.4 Å². The summed E-state index contributed by atoms with van der Waals surface area (Å²) >= 11 is 0. The summed E-state index contributed by atoms with van der Waals surface area (Å²) in [7, 11) is 0. The summed E-state index contributed by atoms with van der Waals surface area (Å²) in [5, 5.41) is 7.23. The van der Waals surface area contributed by atoms with Crippen LogP contribution < -0.4 is 10.4 Å². The van der Waals surface area contributed by atoms with E-state index in [0.717, 1.165) is 21.0 Å². The van der Waals surface area contributed by atoms with Crippen LogP contribution in [-0.2, 0) is 13.0 Å². The van der Waals surface area contributed by atoms with E-state index in [1.807, 2.05) is 0 Å². The van der Waals surface area contributed by atoms with Gasteiger partial charge in [0.15, 0.2) is 5.82 Å². The molecular formula is C18H17F3N4O2. The second kappa shape index (κ2) is 8.52. The Morgan fingerprint density at radius 2 is 1.81 bits per heavy atom. The smallest absolute Gasteiger partial charge is 0.368 e. The van der Waals surface area contributed by atoms with Gasteiger partial charge in [0.2, 0.25) is 0 Å². The summed E-state index contributed by atoms with van der Waals surface area (Å²) in [6, 6.07) is 10.0. The van der Waals surface area contributed by atoms with E-state index in [1.165, 1.54) is 24.3 Å². The van der Waals surface area contributed by atoms with Crippen LogP contribution in [0.3, 0.4) is 0 Å². The molecule has 142 valence electrons. The van der Waals surface area contributed by atoms with Crippen molar-refractivity contribution in [3.05, 3.63) is 70.1 Å². The van der Waals surface area contributed by atoms with Crippen molar-refractivity contribution in [1.29, 1.82) is 0 Å². The van der Waals surface area contributed by atoms with Gasteiger partial charge in [-0.25, -0.2) is 13.6 Å². The maximum Gasteiger partial charge on any atom is 0.368 e. The van der Waals surface area contributed by atoms with Gasteiger partial charge in [0, 0.05) is 12.5 Å². The lowest BCUT2D eigenvalue weighted by Crippen LogP contribution is -2.25. The second-order valence-corrected chi connectivity index (χ2v) is 5.78. The first-order valence-corrected chi connectivity index (χ1v) is 8.34. The van der Waals surface area contributed by atoms with Gasteiger partial charge in [-0.3, -0.25) is 4.39 Å². The molecule has 9 heteroatoms. The number of hydrogen-bond donors (Lipinski definition) is 0. The zero-order valence-electron chi connectivity index (χ0n) is 14.3. The van der Waals surface area contributed by atoms with Crippen LogP contribution in [0.15, 0.2) is 47.3 Å². The highest BCUT2D eigenvalue weighted by atomic mass is 19.1. The predicted molar refractivity (Wildman–Crippen MR) is 91.8 cm³/mol. The van der Waals surface area contributed by atoms with Gasteiger partial charge in [-0.2, -0.15) is 9.36 Å². The Labute approximate surface area is 152 Å². The molecule has 1 heterocycles. The van der Waals surface area contributed by atoms with Gasteiger partial charge in [0.1, 0.15) is 17.3 Å². The van der Waals surface area contributed by atoms with E-state index in [9.17, 15) is 18.0 Å². The fourth-order valence-electron chi connectivity index (χ4n) is 2.46. The van der Waals surface area contributed by atoms with Crippen LogP contribution >= 0.6 is 0 Å². The Balaban J connectivity index is 1.66. The highest BCUT2D eigenvalue weighted by Crippen LogP contribution is 2.18. The summed E-state index contributed by atoms with van der Waals surface area (Å²) in [5.41, 5.74) is 0.176. The topological polar surface area (TPSA) is 61.9 Å². The van der Waals surface area contributed by atoms with E-state index in [0.29, 0.717) is 6.42 Å². The molecule has 0 N–H and O–H groups in total. The van der Waals surface area contributed by atoms with Crippen molar-refractivity contribution in [2.75, 3.05) is 13.3 Å². The van der Waals surface area contributed by atoms with Crippen molar-refractivity contribution < 1.29 is 17.9 Å². The summed E-state index contributed by atoms with van der Waals surface area (Å²) in [4.78, 5) is 12.1. The number of hydrogen-bond acceptors (Lipinski definition) is 4. The molecule has 0 aliphatic carbocycles. The van der Waals surface area contributed by atoms with Gasteiger partial charge in [-0.15, -0.1) is 0 Å². The van der Waals surface area contributed by atoms with Gasteiger partial charge in [-0.1, -0.05) is 12.1 Å². The molecule has 0 aliphatic heterocycles. The lowest BCUT2D eigenvalue weighted by Gasteiger charge is -2.08. The third-order valence-corrected chi connectivity index (χ3v) is 3.86. The molecule has 1 aromatic heterocycles. The van der Waals surface area contributed by atoms with Gasteiger partial charge < -0.3 is 4.74 Å². The average Bonchev–Trinajstić information content (AvgIpc) is 3.02. The standard InChI is InChI=1S/C18H17F3N4O2/c19-9-1-10-24-18(26)25(23-22-24)17-7-6-15(12-16(17)21)27-11-8-13-2-4-14(20)5-3-13/h2-7,12H,1,8-11H2. The number of nitrogens with zero attached hydrogens (tertiary/aromatic N) is 4. The molecule has 0 radical (unpaired) electrons. The number of halogens is 3. The van der Waals surface area contributed by atoms with Crippen molar-refractivity contribution >= 4 is 0 Å². The first kappa shape index (κ1) is 18.7. The molecule has 0 atom stereocenters. The third-order valence-electron chi connectivity index (χ3n) is 3.86. The number of alkyl halides is 1. The second-order valence-electron chi connectivity index (χ2n) is 5.78. The lowest BCUT2D eigenvalue weighted by molar-refractivity contribution is 0.320. The maximum atomic E-state index is 14.4. The van der Waals surface area contributed by atoms with Crippen LogP contribution in [0, 0.1) is 11.6 Å². The van der Waals surface area contributed by atoms with Crippen molar-refractivity contribution in [3.8, 4) is 11.4 Å². The molecule has 0 fully saturated rings. The number of rotatable bonds is 8. The Morgan fingerprint density at radius 3 is 2.52 bits per heavy atom. The summed E-state index contributed by atoms with van der Waals surface area (Å²) in [6.07, 6.45) is 0.661. The van der Waals surface area contributed by atoms with Crippen LogP contribution in [0.4, 0.5) is 13.2 Å². The normalized spacial score (nSPS) is 10.9. The molecule has 27 heavy (non-hydrogen) atoms. The molecule has 0 unspecified atom stereocenters. The summed E-state index contributed by atoms with van der Waals surface area (Å²) in [6.45, 7) is -0.233. The molecule has 3 aromatic rings. The molecule has 2 aromatic carbocycles. The van der Waals surface area contributed by atoms with Crippen molar-refractivity contribution in [3.63, 3.8) is 0 Å².